The van der Waals surface area contributed by atoms with Crippen LogP contribution in [0.1, 0.15) is 0 Å². The first kappa shape index (κ1) is 12.2. The molecule has 0 fully saturated rings. The second kappa shape index (κ2) is 5.05. The molecule has 0 amide bonds. The largest absolute Gasteiger partial charge is 0.463 e. The predicted octanol–water partition coefficient (Wildman–Crippen LogP) is 4.19. The number of hydrogen-bond donors (Lipinski definition) is 0. The summed E-state index contributed by atoms with van der Waals surface area (Å²) in [6.45, 7) is 0. The fraction of sp³-hybridized carbons (Fsp3) is 0. The molecule has 0 atom stereocenters. The first-order valence-electron chi connectivity index (χ1n) is 5.68. The Balaban J connectivity index is 2.03. The van der Waals surface area contributed by atoms with Crippen molar-refractivity contribution in [3.8, 4) is 11.5 Å². The van der Waals surface area contributed by atoms with Gasteiger partial charge in [0.25, 0.3) is 0 Å². The lowest BCUT2D eigenvalue weighted by molar-refractivity contribution is 0.481. The molecule has 0 aliphatic rings. The third-order valence-corrected chi connectivity index (χ3v) is 3.43. The molecule has 1 heterocycles. The van der Waals surface area contributed by atoms with E-state index in [4.69, 9.17) is 9.15 Å². The molecule has 0 saturated heterocycles. The molecule has 0 unspecified atom stereocenters. The SMILES string of the molecule is O=c1c(I)coc2cc(Oc3ccccc3)ccc12. The molecule has 0 saturated carbocycles. The van der Waals surface area contributed by atoms with Crippen LogP contribution >= 0.6 is 22.6 Å². The van der Waals surface area contributed by atoms with E-state index in [1.165, 1.54) is 6.26 Å². The van der Waals surface area contributed by atoms with Crippen molar-refractivity contribution >= 4 is 33.6 Å². The van der Waals surface area contributed by atoms with Crippen molar-refractivity contribution in [2.24, 2.45) is 0 Å². The van der Waals surface area contributed by atoms with Gasteiger partial charge in [-0.2, -0.15) is 0 Å². The van der Waals surface area contributed by atoms with E-state index in [2.05, 4.69) is 0 Å². The van der Waals surface area contributed by atoms with Gasteiger partial charge in [-0.1, -0.05) is 18.2 Å². The summed E-state index contributed by atoms with van der Waals surface area (Å²) in [5.74, 6) is 1.39. The quantitative estimate of drug-likeness (QED) is 0.641. The molecule has 3 rings (SSSR count). The number of benzene rings is 2. The standard InChI is InChI=1S/C15H9IO3/c16-13-9-18-14-8-11(6-7-12(14)15(13)17)19-10-4-2-1-3-5-10/h1-9H. The van der Waals surface area contributed by atoms with Crippen LogP contribution in [0.4, 0.5) is 0 Å². The summed E-state index contributed by atoms with van der Waals surface area (Å²) < 4.78 is 11.7. The Kier molecular flexibility index (Phi) is 3.25. The minimum Gasteiger partial charge on any atom is -0.463 e. The van der Waals surface area contributed by atoms with Crippen LogP contribution in [0.5, 0.6) is 11.5 Å². The summed E-state index contributed by atoms with van der Waals surface area (Å²) in [5, 5.41) is 0.562. The zero-order valence-corrected chi connectivity index (χ0v) is 12.0. The van der Waals surface area contributed by atoms with Crippen LogP contribution in [0, 0.1) is 3.57 Å². The van der Waals surface area contributed by atoms with E-state index < -0.39 is 0 Å². The minimum atomic E-state index is -0.0203. The second-order valence-electron chi connectivity index (χ2n) is 3.99. The average molecular weight is 364 g/mol. The normalized spacial score (nSPS) is 10.6. The van der Waals surface area contributed by atoms with Crippen molar-refractivity contribution in [3.05, 3.63) is 68.6 Å². The number of hydrogen-bond acceptors (Lipinski definition) is 3. The minimum absolute atomic E-state index is 0.0203. The number of rotatable bonds is 2. The van der Waals surface area contributed by atoms with Crippen molar-refractivity contribution in [2.45, 2.75) is 0 Å². The Morgan fingerprint density at radius 1 is 1.00 bits per heavy atom. The first-order chi connectivity index (χ1) is 9.24. The zero-order chi connectivity index (χ0) is 13.2. The fourth-order valence-corrected chi connectivity index (χ4v) is 2.19. The maximum Gasteiger partial charge on any atom is 0.205 e. The van der Waals surface area contributed by atoms with Gasteiger partial charge in [-0.25, -0.2) is 0 Å². The van der Waals surface area contributed by atoms with Gasteiger partial charge >= 0.3 is 0 Å². The Morgan fingerprint density at radius 2 is 1.79 bits per heavy atom. The maximum absolute atomic E-state index is 11.9. The molecule has 1 aromatic heterocycles. The molecule has 94 valence electrons. The van der Waals surface area contributed by atoms with E-state index >= 15 is 0 Å². The highest BCUT2D eigenvalue weighted by molar-refractivity contribution is 14.1. The van der Waals surface area contributed by atoms with Gasteiger partial charge in [-0.3, -0.25) is 4.79 Å². The summed E-state index contributed by atoms with van der Waals surface area (Å²) in [7, 11) is 0. The molecule has 0 N–H and O–H groups in total. The van der Waals surface area contributed by atoms with Crippen molar-refractivity contribution in [3.63, 3.8) is 0 Å². The van der Waals surface area contributed by atoms with Gasteiger partial charge in [0.15, 0.2) is 0 Å². The summed E-state index contributed by atoms with van der Waals surface area (Å²) >= 11 is 1.96. The lowest BCUT2D eigenvalue weighted by Crippen LogP contribution is -2.04. The van der Waals surface area contributed by atoms with E-state index in [9.17, 15) is 4.79 Å². The fourth-order valence-electron chi connectivity index (χ4n) is 1.77. The Hall–Kier alpha value is -1.82. The molecule has 19 heavy (non-hydrogen) atoms. The monoisotopic (exact) mass is 364 g/mol. The Labute approximate surface area is 123 Å². The highest BCUT2D eigenvalue weighted by atomic mass is 127. The van der Waals surface area contributed by atoms with Crippen LogP contribution in [0.3, 0.4) is 0 Å². The number of halogens is 1. The van der Waals surface area contributed by atoms with Gasteiger partial charge in [0.1, 0.15) is 23.3 Å². The topological polar surface area (TPSA) is 39.4 Å². The third kappa shape index (κ3) is 2.49. The smallest absolute Gasteiger partial charge is 0.205 e. The van der Waals surface area contributed by atoms with Crippen LogP contribution in [0.25, 0.3) is 11.0 Å². The van der Waals surface area contributed by atoms with Gasteiger partial charge in [0.2, 0.25) is 5.43 Å². The van der Waals surface area contributed by atoms with E-state index in [1.54, 1.807) is 18.2 Å². The van der Waals surface area contributed by atoms with Crippen LogP contribution in [-0.2, 0) is 0 Å². The van der Waals surface area contributed by atoms with Gasteiger partial charge in [0.05, 0.1) is 8.96 Å². The van der Waals surface area contributed by atoms with Crippen LogP contribution in [0.15, 0.2) is 64.0 Å². The molecular weight excluding hydrogens is 355 g/mol. The molecule has 2 aromatic carbocycles. The number of ether oxygens (including phenoxy) is 1. The highest BCUT2D eigenvalue weighted by Crippen LogP contribution is 2.24. The second-order valence-corrected chi connectivity index (χ2v) is 5.15. The van der Waals surface area contributed by atoms with Gasteiger partial charge in [-0.15, -0.1) is 0 Å². The molecule has 0 aliphatic heterocycles. The molecule has 3 aromatic rings. The lowest BCUT2D eigenvalue weighted by atomic mass is 10.2. The number of para-hydroxylation sites is 1. The van der Waals surface area contributed by atoms with Crippen molar-refractivity contribution < 1.29 is 9.15 Å². The van der Waals surface area contributed by atoms with Crippen LogP contribution in [-0.4, -0.2) is 0 Å². The third-order valence-electron chi connectivity index (χ3n) is 2.68. The molecule has 0 spiro atoms. The average Bonchev–Trinajstić information content (AvgIpc) is 2.44. The van der Waals surface area contributed by atoms with E-state index in [0.29, 0.717) is 20.3 Å². The van der Waals surface area contributed by atoms with Gasteiger partial charge in [-0.05, 0) is 46.9 Å². The van der Waals surface area contributed by atoms with Gasteiger partial charge < -0.3 is 9.15 Å². The maximum atomic E-state index is 11.9. The molecular formula is C15H9IO3. The Morgan fingerprint density at radius 3 is 2.58 bits per heavy atom. The molecule has 0 radical (unpaired) electrons. The van der Waals surface area contributed by atoms with Crippen LogP contribution < -0.4 is 10.2 Å². The van der Waals surface area contributed by atoms with Crippen molar-refractivity contribution in [1.29, 1.82) is 0 Å². The summed E-state index contributed by atoms with van der Waals surface area (Å²) in [4.78, 5) is 11.9. The van der Waals surface area contributed by atoms with E-state index in [1.807, 2.05) is 52.9 Å². The molecule has 0 bridgehead atoms. The van der Waals surface area contributed by atoms with Crippen LogP contribution in [0.2, 0.25) is 0 Å². The Bertz CT molecular complexity index is 778. The highest BCUT2D eigenvalue weighted by Gasteiger charge is 2.06. The predicted molar refractivity (Wildman–Crippen MR) is 81.7 cm³/mol. The summed E-state index contributed by atoms with van der Waals surface area (Å²) in [5.41, 5.74) is 0.506. The lowest BCUT2D eigenvalue weighted by Gasteiger charge is -2.06. The molecule has 0 aliphatic carbocycles. The van der Waals surface area contributed by atoms with E-state index in [-0.39, 0.29) is 5.43 Å². The van der Waals surface area contributed by atoms with Gasteiger partial charge in [0, 0.05) is 6.07 Å². The first-order valence-corrected chi connectivity index (χ1v) is 6.76. The summed E-state index contributed by atoms with van der Waals surface area (Å²) in [6.07, 6.45) is 1.46. The van der Waals surface area contributed by atoms with E-state index in [0.717, 1.165) is 5.75 Å². The van der Waals surface area contributed by atoms with Crippen molar-refractivity contribution in [1.82, 2.24) is 0 Å². The molecule has 4 heteroatoms. The number of fused-ring (bicyclic) bond motifs is 1. The summed E-state index contributed by atoms with van der Waals surface area (Å²) in [6, 6.07) is 14.7. The van der Waals surface area contributed by atoms with Crippen molar-refractivity contribution in [2.75, 3.05) is 0 Å². The zero-order valence-electron chi connectivity index (χ0n) is 9.80. The molecule has 3 nitrogen and oxygen atoms in total.